The molecule has 1 unspecified atom stereocenters. The Labute approximate surface area is 150 Å². The zero-order valence-electron chi connectivity index (χ0n) is 11.8. The van der Waals surface area contributed by atoms with Crippen molar-refractivity contribution >= 4 is 44.9 Å². The first-order chi connectivity index (χ1) is 11.0. The Morgan fingerprint density at radius 2 is 2.26 bits per heavy atom. The topological polar surface area (TPSA) is 57.4 Å². The SMILES string of the molecule is Nc1nc(Cl)c(Br)cc1OCC1COc2ccc(F)c(CCl)c21. The molecule has 3 rings (SSSR count). The molecule has 0 spiro atoms. The van der Waals surface area contributed by atoms with Gasteiger partial charge in [-0.3, -0.25) is 0 Å². The number of hydrogen-bond donors (Lipinski definition) is 1. The van der Waals surface area contributed by atoms with E-state index in [0.717, 1.165) is 5.56 Å². The van der Waals surface area contributed by atoms with Crippen molar-refractivity contribution in [2.24, 2.45) is 0 Å². The third kappa shape index (κ3) is 3.20. The van der Waals surface area contributed by atoms with Gasteiger partial charge in [0.05, 0.1) is 29.5 Å². The van der Waals surface area contributed by atoms with Crippen LogP contribution in [0.5, 0.6) is 11.5 Å². The van der Waals surface area contributed by atoms with E-state index >= 15 is 0 Å². The molecule has 0 amide bonds. The highest BCUT2D eigenvalue weighted by Gasteiger charge is 2.29. The lowest BCUT2D eigenvalue weighted by molar-refractivity contribution is 0.248. The van der Waals surface area contributed by atoms with Gasteiger partial charge < -0.3 is 15.2 Å². The van der Waals surface area contributed by atoms with E-state index in [0.29, 0.717) is 28.1 Å². The lowest BCUT2D eigenvalue weighted by Crippen LogP contribution is -2.14. The largest absolute Gasteiger partial charge is 0.493 e. The van der Waals surface area contributed by atoms with E-state index in [4.69, 9.17) is 38.4 Å². The van der Waals surface area contributed by atoms with E-state index in [9.17, 15) is 4.39 Å². The summed E-state index contributed by atoms with van der Waals surface area (Å²) in [5.74, 6) is 0.824. The van der Waals surface area contributed by atoms with Crippen molar-refractivity contribution in [1.29, 1.82) is 0 Å². The normalized spacial score (nSPS) is 16.1. The van der Waals surface area contributed by atoms with Crippen LogP contribution in [-0.4, -0.2) is 18.2 Å². The Hall–Kier alpha value is -1.24. The number of halogens is 4. The standard InChI is InChI=1S/C15H12BrCl2FN2O2/c16-9-3-12(15(20)21-14(9)18)23-6-7-5-22-11-2-1-10(19)8(4-17)13(7)11/h1-3,7H,4-6H2,(H2,20,21). The summed E-state index contributed by atoms with van der Waals surface area (Å²) in [4.78, 5) is 3.97. The number of anilines is 1. The summed E-state index contributed by atoms with van der Waals surface area (Å²) < 4.78 is 25.8. The maximum atomic E-state index is 13.9. The Bertz CT molecular complexity index is 761. The number of ether oxygens (including phenoxy) is 2. The highest BCUT2D eigenvalue weighted by atomic mass is 79.9. The highest BCUT2D eigenvalue weighted by molar-refractivity contribution is 9.10. The number of benzene rings is 1. The minimum absolute atomic E-state index is 0.0745. The fourth-order valence-corrected chi connectivity index (χ4v) is 3.21. The van der Waals surface area contributed by atoms with E-state index in [-0.39, 0.29) is 35.2 Å². The van der Waals surface area contributed by atoms with Gasteiger partial charge in [0.15, 0.2) is 11.6 Å². The molecule has 1 aromatic heterocycles. The Morgan fingerprint density at radius 1 is 1.48 bits per heavy atom. The minimum atomic E-state index is -0.343. The van der Waals surface area contributed by atoms with E-state index in [2.05, 4.69) is 20.9 Å². The summed E-state index contributed by atoms with van der Waals surface area (Å²) in [7, 11) is 0. The number of rotatable bonds is 4. The number of aromatic nitrogens is 1. The zero-order valence-corrected chi connectivity index (χ0v) is 14.9. The summed E-state index contributed by atoms with van der Waals surface area (Å²) in [6.07, 6.45) is 0. The molecule has 2 heterocycles. The summed E-state index contributed by atoms with van der Waals surface area (Å²) in [5.41, 5.74) is 6.99. The van der Waals surface area contributed by atoms with Gasteiger partial charge in [0, 0.05) is 17.2 Å². The van der Waals surface area contributed by atoms with Crippen LogP contribution in [0, 0.1) is 5.82 Å². The molecule has 1 aliphatic heterocycles. The maximum Gasteiger partial charge on any atom is 0.167 e. The highest BCUT2D eigenvalue weighted by Crippen LogP contribution is 2.39. The second-order valence-corrected chi connectivity index (χ2v) is 6.51. The molecule has 1 aliphatic rings. The van der Waals surface area contributed by atoms with Crippen LogP contribution >= 0.6 is 39.1 Å². The molecule has 4 nitrogen and oxygen atoms in total. The van der Waals surface area contributed by atoms with Crippen LogP contribution in [0.25, 0.3) is 0 Å². The van der Waals surface area contributed by atoms with Crippen molar-refractivity contribution in [2.45, 2.75) is 11.8 Å². The summed E-state index contributed by atoms with van der Waals surface area (Å²) in [5, 5.41) is 0.260. The molecule has 0 saturated carbocycles. The van der Waals surface area contributed by atoms with Crippen LogP contribution in [0.2, 0.25) is 5.15 Å². The maximum absolute atomic E-state index is 13.9. The van der Waals surface area contributed by atoms with E-state index in [1.165, 1.54) is 6.07 Å². The van der Waals surface area contributed by atoms with Crippen LogP contribution < -0.4 is 15.2 Å². The first kappa shape index (κ1) is 16.6. The van der Waals surface area contributed by atoms with Gasteiger partial charge in [0.25, 0.3) is 0 Å². The summed E-state index contributed by atoms with van der Waals surface area (Å²) >= 11 is 15.0. The van der Waals surface area contributed by atoms with E-state index < -0.39 is 0 Å². The van der Waals surface area contributed by atoms with E-state index in [1.807, 2.05) is 0 Å². The van der Waals surface area contributed by atoms with Gasteiger partial charge in [-0.05, 0) is 28.1 Å². The zero-order chi connectivity index (χ0) is 16.6. The Morgan fingerprint density at radius 3 is 3.00 bits per heavy atom. The molecular weight excluding hydrogens is 410 g/mol. The van der Waals surface area contributed by atoms with Crippen molar-refractivity contribution in [3.8, 4) is 11.5 Å². The molecular formula is C15H12BrCl2FN2O2. The molecule has 122 valence electrons. The number of nitrogens with zero attached hydrogens (tertiary/aromatic N) is 1. The van der Waals surface area contributed by atoms with Crippen LogP contribution in [0.4, 0.5) is 10.2 Å². The molecule has 23 heavy (non-hydrogen) atoms. The lowest BCUT2D eigenvalue weighted by atomic mass is 9.97. The van der Waals surface area contributed by atoms with Crippen LogP contribution in [0.1, 0.15) is 17.0 Å². The van der Waals surface area contributed by atoms with Crippen molar-refractivity contribution in [3.05, 3.63) is 44.8 Å². The molecule has 0 fully saturated rings. The van der Waals surface area contributed by atoms with Gasteiger partial charge in [0.2, 0.25) is 0 Å². The number of hydrogen-bond acceptors (Lipinski definition) is 4. The fourth-order valence-electron chi connectivity index (χ4n) is 2.50. The number of fused-ring (bicyclic) bond motifs is 1. The first-order valence-corrected chi connectivity index (χ1v) is 8.46. The van der Waals surface area contributed by atoms with Crippen LogP contribution in [-0.2, 0) is 5.88 Å². The third-order valence-electron chi connectivity index (χ3n) is 3.61. The van der Waals surface area contributed by atoms with Crippen molar-refractivity contribution in [1.82, 2.24) is 4.98 Å². The molecule has 0 saturated heterocycles. The monoisotopic (exact) mass is 420 g/mol. The van der Waals surface area contributed by atoms with Gasteiger partial charge in [-0.25, -0.2) is 9.37 Å². The second-order valence-electron chi connectivity index (χ2n) is 5.03. The average Bonchev–Trinajstić information content (AvgIpc) is 2.93. The van der Waals surface area contributed by atoms with Crippen LogP contribution in [0.3, 0.4) is 0 Å². The molecule has 0 aliphatic carbocycles. The van der Waals surface area contributed by atoms with Crippen LogP contribution in [0.15, 0.2) is 22.7 Å². The van der Waals surface area contributed by atoms with Crippen molar-refractivity contribution in [3.63, 3.8) is 0 Å². The summed E-state index contributed by atoms with van der Waals surface area (Å²) in [6, 6.07) is 4.61. The Balaban J connectivity index is 1.82. The quantitative estimate of drug-likeness (QED) is 0.582. The number of alkyl halides is 1. The van der Waals surface area contributed by atoms with Gasteiger partial charge >= 0.3 is 0 Å². The number of pyridine rings is 1. The predicted octanol–water partition coefficient (Wildman–Crippen LogP) is 4.51. The fraction of sp³-hybridized carbons (Fsp3) is 0.267. The summed E-state index contributed by atoms with van der Waals surface area (Å²) in [6.45, 7) is 0.658. The molecule has 1 aromatic carbocycles. The second kappa shape index (κ2) is 6.71. The lowest BCUT2D eigenvalue weighted by Gasteiger charge is -2.15. The smallest absolute Gasteiger partial charge is 0.167 e. The minimum Gasteiger partial charge on any atom is -0.493 e. The molecule has 0 radical (unpaired) electrons. The molecule has 2 N–H and O–H groups in total. The Kier molecular flexibility index (Phi) is 4.85. The van der Waals surface area contributed by atoms with Gasteiger partial charge in [-0.1, -0.05) is 11.6 Å². The predicted molar refractivity (Wildman–Crippen MR) is 91.0 cm³/mol. The number of nitrogen functional groups attached to an aromatic ring is 1. The molecule has 2 aromatic rings. The molecule has 8 heteroatoms. The first-order valence-electron chi connectivity index (χ1n) is 6.75. The third-order valence-corrected chi connectivity index (χ3v) is 5.00. The van der Waals surface area contributed by atoms with E-state index in [1.54, 1.807) is 12.1 Å². The average molecular weight is 422 g/mol. The molecule has 0 bridgehead atoms. The van der Waals surface area contributed by atoms with Crippen molar-refractivity contribution in [2.75, 3.05) is 18.9 Å². The van der Waals surface area contributed by atoms with Gasteiger partial charge in [-0.2, -0.15) is 0 Å². The van der Waals surface area contributed by atoms with Gasteiger partial charge in [-0.15, -0.1) is 11.6 Å². The molecule has 1 atom stereocenters. The van der Waals surface area contributed by atoms with Gasteiger partial charge in [0.1, 0.15) is 16.7 Å². The van der Waals surface area contributed by atoms with Crippen molar-refractivity contribution < 1.29 is 13.9 Å². The number of nitrogens with two attached hydrogens (primary N) is 1.